The van der Waals surface area contributed by atoms with E-state index in [2.05, 4.69) is 4.57 Å². The van der Waals surface area contributed by atoms with E-state index in [0.717, 1.165) is 34.1 Å². The summed E-state index contributed by atoms with van der Waals surface area (Å²) >= 11 is 7.74. The number of esters is 1. The van der Waals surface area contributed by atoms with E-state index in [-0.39, 0.29) is 23.4 Å². The fourth-order valence-electron chi connectivity index (χ4n) is 6.21. The first-order valence-electron chi connectivity index (χ1n) is 15.5. The van der Waals surface area contributed by atoms with Crippen LogP contribution in [-0.2, 0) is 16.1 Å². The van der Waals surface area contributed by atoms with Crippen LogP contribution in [0.15, 0.2) is 87.8 Å². The highest BCUT2D eigenvalue weighted by Crippen LogP contribution is 2.38. The Kier molecular flexibility index (Phi) is 9.34. The van der Waals surface area contributed by atoms with Crippen LogP contribution in [0.1, 0.15) is 55.1 Å². The van der Waals surface area contributed by atoms with Gasteiger partial charge in [-0.3, -0.25) is 19.5 Å². The molecule has 5 aromatic rings. The van der Waals surface area contributed by atoms with E-state index >= 15 is 0 Å². The summed E-state index contributed by atoms with van der Waals surface area (Å²) in [6.07, 6.45) is 3.12. The zero-order valence-electron chi connectivity index (χ0n) is 26.9. The van der Waals surface area contributed by atoms with Crippen LogP contribution in [0.4, 0.5) is 5.69 Å². The van der Waals surface area contributed by atoms with E-state index in [0.29, 0.717) is 44.3 Å². The Balaban J connectivity index is 1.57. The lowest BCUT2D eigenvalue weighted by atomic mass is 9.93. The van der Waals surface area contributed by atoms with Gasteiger partial charge in [-0.05, 0) is 56.2 Å². The Morgan fingerprint density at radius 2 is 1.88 bits per heavy atom. The Labute approximate surface area is 285 Å². The number of non-ortho nitro benzene ring substituents is 1. The van der Waals surface area contributed by atoms with Crippen molar-refractivity contribution in [3.63, 3.8) is 0 Å². The number of carbonyl (C=O) groups excluding carboxylic acids is 1. The summed E-state index contributed by atoms with van der Waals surface area (Å²) in [5, 5.41) is 12.6. The second kappa shape index (κ2) is 13.6. The summed E-state index contributed by atoms with van der Waals surface area (Å²) in [6.45, 7) is 6.38. The monoisotopic (exact) mass is 684 g/mol. The van der Waals surface area contributed by atoms with Crippen molar-refractivity contribution >= 4 is 51.6 Å². The van der Waals surface area contributed by atoms with Crippen molar-refractivity contribution in [1.29, 1.82) is 0 Å². The summed E-state index contributed by atoms with van der Waals surface area (Å²) in [4.78, 5) is 44.2. The SMILES string of the molecule is CCCC1=C(C(=O)OCC)[C@H](c2cc(Cl)ccc2OC)n2c(s/c(=C/c3c(C)n(Cc4ccc([N+](=O)[O-])cc4)c4ccccc34)c2=O)=N1. The number of aromatic nitrogens is 2. The predicted molar refractivity (Wildman–Crippen MR) is 187 cm³/mol. The van der Waals surface area contributed by atoms with Gasteiger partial charge in [-0.25, -0.2) is 9.79 Å². The largest absolute Gasteiger partial charge is 0.496 e. The van der Waals surface area contributed by atoms with Crippen LogP contribution in [0.3, 0.4) is 0 Å². The van der Waals surface area contributed by atoms with Gasteiger partial charge in [-0.2, -0.15) is 0 Å². The van der Waals surface area contributed by atoms with Gasteiger partial charge in [0.05, 0.1) is 34.4 Å². The quantitative estimate of drug-likeness (QED) is 0.0947. The van der Waals surface area contributed by atoms with Crippen LogP contribution in [0, 0.1) is 17.0 Å². The fraction of sp³-hybridized carbons (Fsp3) is 0.250. The molecule has 0 bridgehead atoms. The van der Waals surface area contributed by atoms with Crippen LogP contribution in [-0.4, -0.2) is 33.7 Å². The molecule has 0 saturated carbocycles. The second-order valence-electron chi connectivity index (χ2n) is 11.3. The molecule has 3 heterocycles. The van der Waals surface area contributed by atoms with Gasteiger partial charge in [0, 0.05) is 51.4 Å². The van der Waals surface area contributed by atoms with Crippen LogP contribution in [0.5, 0.6) is 5.75 Å². The number of thiazole rings is 1. The zero-order chi connectivity index (χ0) is 34.1. The molecule has 10 nitrogen and oxygen atoms in total. The highest BCUT2D eigenvalue weighted by Gasteiger charge is 2.36. The molecule has 0 spiro atoms. The number of hydrogen-bond acceptors (Lipinski definition) is 8. The smallest absolute Gasteiger partial charge is 0.338 e. The molecule has 2 aromatic heterocycles. The molecule has 48 heavy (non-hydrogen) atoms. The first-order chi connectivity index (χ1) is 23.2. The van der Waals surface area contributed by atoms with E-state index in [1.165, 1.54) is 30.6 Å². The second-order valence-corrected chi connectivity index (χ2v) is 12.8. The number of nitro benzene ring substituents is 1. The van der Waals surface area contributed by atoms with Crippen LogP contribution >= 0.6 is 22.9 Å². The summed E-state index contributed by atoms with van der Waals surface area (Å²) in [5.74, 6) is -0.0696. The molecule has 0 unspecified atom stereocenters. The van der Waals surface area contributed by atoms with Crippen LogP contribution in [0.25, 0.3) is 17.0 Å². The molecular formula is C36H33ClN4O6S. The maximum Gasteiger partial charge on any atom is 0.338 e. The number of nitro groups is 1. The minimum atomic E-state index is -0.873. The number of rotatable bonds is 10. The molecule has 0 amide bonds. The van der Waals surface area contributed by atoms with Gasteiger partial charge in [-0.15, -0.1) is 0 Å². The molecule has 12 heteroatoms. The van der Waals surface area contributed by atoms with E-state index in [9.17, 15) is 19.7 Å². The van der Waals surface area contributed by atoms with Gasteiger partial charge in [0.15, 0.2) is 4.80 Å². The molecular weight excluding hydrogens is 652 g/mol. The molecule has 0 aliphatic carbocycles. The first-order valence-corrected chi connectivity index (χ1v) is 16.7. The van der Waals surface area contributed by atoms with E-state index in [1.54, 1.807) is 41.8 Å². The van der Waals surface area contributed by atoms with Crippen molar-refractivity contribution in [2.45, 2.75) is 46.2 Å². The van der Waals surface area contributed by atoms with Crippen molar-refractivity contribution in [3.8, 4) is 5.75 Å². The summed E-state index contributed by atoms with van der Waals surface area (Å²) < 4.78 is 15.4. The first kappa shape index (κ1) is 32.9. The molecule has 0 radical (unpaired) electrons. The zero-order valence-corrected chi connectivity index (χ0v) is 28.4. The Hall–Kier alpha value is -5.00. The summed E-state index contributed by atoms with van der Waals surface area (Å²) in [6, 6.07) is 18.7. The molecule has 1 aliphatic rings. The molecule has 1 aliphatic heterocycles. The van der Waals surface area contributed by atoms with Crippen molar-refractivity contribution in [2.75, 3.05) is 13.7 Å². The van der Waals surface area contributed by atoms with Crippen LogP contribution < -0.4 is 19.6 Å². The number of ether oxygens (including phenoxy) is 2. The maximum atomic E-state index is 14.5. The van der Waals surface area contributed by atoms with E-state index in [4.69, 9.17) is 26.1 Å². The third-order valence-electron chi connectivity index (χ3n) is 8.42. The number of allylic oxidation sites excluding steroid dienone is 1. The van der Waals surface area contributed by atoms with Gasteiger partial charge in [0.25, 0.3) is 11.2 Å². The lowest BCUT2D eigenvalue weighted by Crippen LogP contribution is -2.40. The molecule has 246 valence electrons. The van der Waals surface area contributed by atoms with Crippen molar-refractivity contribution in [2.24, 2.45) is 4.99 Å². The van der Waals surface area contributed by atoms with Crippen molar-refractivity contribution in [1.82, 2.24) is 9.13 Å². The molecule has 0 saturated heterocycles. The number of carbonyl (C=O) groups is 1. The third kappa shape index (κ3) is 5.95. The van der Waals surface area contributed by atoms with Crippen molar-refractivity contribution < 1.29 is 19.2 Å². The van der Waals surface area contributed by atoms with E-state index < -0.39 is 16.9 Å². The normalized spacial score (nSPS) is 14.6. The number of halogens is 1. The summed E-state index contributed by atoms with van der Waals surface area (Å²) in [7, 11) is 1.53. The Morgan fingerprint density at radius 1 is 1.12 bits per heavy atom. The number of fused-ring (bicyclic) bond motifs is 2. The number of nitrogens with zero attached hydrogens (tertiary/aromatic N) is 4. The number of hydrogen-bond donors (Lipinski definition) is 0. The number of benzene rings is 3. The minimum Gasteiger partial charge on any atom is -0.496 e. The van der Waals surface area contributed by atoms with Gasteiger partial charge >= 0.3 is 5.97 Å². The standard InChI is InChI=1S/C36H33ClN4O6S/c1-5-9-28-32(35(43)47-6-2)33(27-18-23(37)14-17-30(27)46-4)40-34(42)31(48-36(40)38-28)19-26-21(3)39(29-11-8-7-10-25(26)29)20-22-12-15-24(16-13-22)41(44)45/h7-8,10-19,33H,5-6,9,20H2,1-4H3/b31-19+/t33-/m0/s1. The lowest BCUT2D eigenvalue weighted by Gasteiger charge is -2.27. The number of methoxy groups -OCH3 is 1. The average molecular weight is 685 g/mol. The van der Waals surface area contributed by atoms with Gasteiger partial charge in [-0.1, -0.05) is 66.6 Å². The average Bonchev–Trinajstić information content (AvgIpc) is 3.53. The molecule has 6 rings (SSSR count). The highest BCUT2D eigenvalue weighted by molar-refractivity contribution is 7.07. The maximum absolute atomic E-state index is 14.5. The number of para-hydroxylation sites is 1. The van der Waals surface area contributed by atoms with E-state index in [1.807, 2.05) is 44.2 Å². The van der Waals surface area contributed by atoms with Gasteiger partial charge in [0.2, 0.25) is 0 Å². The molecule has 3 aromatic carbocycles. The molecule has 0 N–H and O–H groups in total. The van der Waals surface area contributed by atoms with Crippen LogP contribution in [0.2, 0.25) is 5.02 Å². The molecule has 0 fully saturated rings. The van der Waals surface area contributed by atoms with Gasteiger partial charge in [0.1, 0.15) is 11.8 Å². The van der Waals surface area contributed by atoms with Gasteiger partial charge < -0.3 is 14.0 Å². The fourth-order valence-corrected chi connectivity index (χ4v) is 7.40. The topological polar surface area (TPSA) is 118 Å². The Morgan fingerprint density at radius 3 is 2.56 bits per heavy atom. The lowest BCUT2D eigenvalue weighted by molar-refractivity contribution is -0.384. The predicted octanol–water partition coefficient (Wildman–Crippen LogP) is 6.46. The Bertz CT molecular complexity index is 2280. The molecule has 1 atom stereocenters. The highest BCUT2D eigenvalue weighted by atomic mass is 35.5. The van der Waals surface area contributed by atoms with Crippen molar-refractivity contribution in [3.05, 3.63) is 135 Å². The third-order valence-corrected chi connectivity index (χ3v) is 9.64. The summed E-state index contributed by atoms with van der Waals surface area (Å²) in [5.41, 5.74) is 4.78. The minimum absolute atomic E-state index is 0.0332.